The van der Waals surface area contributed by atoms with Gasteiger partial charge >= 0.3 is 0 Å². The van der Waals surface area contributed by atoms with Gasteiger partial charge in [-0.1, -0.05) is 18.2 Å². The van der Waals surface area contributed by atoms with E-state index < -0.39 is 0 Å². The minimum absolute atomic E-state index is 0.231. The van der Waals surface area contributed by atoms with E-state index in [-0.39, 0.29) is 5.92 Å². The van der Waals surface area contributed by atoms with Crippen molar-refractivity contribution < 1.29 is 4.79 Å². The van der Waals surface area contributed by atoms with Crippen LogP contribution < -0.4 is 0 Å². The van der Waals surface area contributed by atoms with Crippen LogP contribution in [0.4, 0.5) is 0 Å². The summed E-state index contributed by atoms with van der Waals surface area (Å²) in [5, 5.41) is 0. The lowest BCUT2D eigenvalue weighted by Crippen LogP contribution is -2.35. The number of hydrogen-bond acceptors (Lipinski definition) is 2. The highest BCUT2D eigenvalue weighted by Gasteiger charge is 2.33. The number of ketones is 1. The summed E-state index contributed by atoms with van der Waals surface area (Å²) in [4.78, 5) is 14.3. The number of hydrogen-bond donors (Lipinski definition) is 0. The number of allylic oxidation sites excluding steroid dienone is 4. The molecule has 0 aromatic heterocycles. The molecule has 2 aliphatic carbocycles. The van der Waals surface area contributed by atoms with E-state index in [4.69, 9.17) is 0 Å². The Balaban J connectivity index is 2.11. The Morgan fingerprint density at radius 3 is 2.93 bits per heavy atom. The maximum atomic E-state index is 12.2. The van der Waals surface area contributed by atoms with Crippen molar-refractivity contribution in [3.63, 3.8) is 0 Å². The lowest BCUT2D eigenvalue weighted by Gasteiger charge is -2.32. The number of carbonyl (C=O) groups is 1. The van der Waals surface area contributed by atoms with Crippen LogP contribution in [0.1, 0.15) is 19.3 Å². The van der Waals surface area contributed by atoms with Gasteiger partial charge in [0.2, 0.25) is 0 Å². The van der Waals surface area contributed by atoms with E-state index in [0.717, 1.165) is 25.0 Å². The van der Waals surface area contributed by atoms with Crippen LogP contribution in [-0.2, 0) is 4.79 Å². The molecule has 2 rings (SSSR count). The summed E-state index contributed by atoms with van der Waals surface area (Å²) in [5.74, 6) is 1.14. The van der Waals surface area contributed by atoms with Crippen molar-refractivity contribution in [3.8, 4) is 0 Å². The van der Waals surface area contributed by atoms with Gasteiger partial charge in [0.15, 0.2) is 5.78 Å². The Morgan fingerprint density at radius 1 is 1.40 bits per heavy atom. The Bertz CT molecular complexity index is 314. The molecule has 82 valence electrons. The molecule has 1 saturated carbocycles. The van der Waals surface area contributed by atoms with Crippen molar-refractivity contribution >= 4 is 5.78 Å². The zero-order valence-electron chi connectivity index (χ0n) is 9.57. The Hall–Kier alpha value is -0.890. The number of rotatable bonds is 2. The maximum absolute atomic E-state index is 12.2. The number of carbonyl (C=O) groups excluding carboxylic acids is 1. The average molecular weight is 205 g/mol. The van der Waals surface area contributed by atoms with Gasteiger partial charge in [-0.05, 0) is 44.8 Å². The molecule has 0 aromatic rings. The highest BCUT2D eigenvalue weighted by atomic mass is 16.1. The third-order valence-corrected chi connectivity index (χ3v) is 3.38. The molecule has 1 fully saturated rings. The van der Waals surface area contributed by atoms with E-state index in [1.54, 1.807) is 0 Å². The summed E-state index contributed by atoms with van der Waals surface area (Å²) in [6.07, 6.45) is 9.54. The Morgan fingerprint density at radius 2 is 2.20 bits per heavy atom. The topological polar surface area (TPSA) is 20.3 Å². The van der Waals surface area contributed by atoms with Gasteiger partial charge in [0.25, 0.3) is 0 Å². The molecule has 0 spiro atoms. The SMILES string of the molecule is CN(C)CC1CCC2CC=CC=C2C1=O. The van der Waals surface area contributed by atoms with E-state index in [1.165, 1.54) is 6.42 Å². The van der Waals surface area contributed by atoms with E-state index in [1.807, 2.05) is 26.2 Å². The van der Waals surface area contributed by atoms with Crippen molar-refractivity contribution in [2.45, 2.75) is 19.3 Å². The van der Waals surface area contributed by atoms with Crippen LogP contribution in [0.15, 0.2) is 23.8 Å². The third kappa shape index (κ3) is 2.20. The second-order valence-corrected chi connectivity index (χ2v) is 4.88. The van der Waals surface area contributed by atoms with Crippen molar-refractivity contribution in [3.05, 3.63) is 23.8 Å². The van der Waals surface area contributed by atoms with Gasteiger partial charge in [0.05, 0.1) is 0 Å². The van der Waals surface area contributed by atoms with Crippen LogP contribution in [0, 0.1) is 11.8 Å². The van der Waals surface area contributed by atoms with Gasteiger partial charge in [-0.2, -0.15) is 0 Å². The summed E-state index contributed by atoms with van der Waals surface area (Å²) in [7, 11) is 4.07. The van der Waals surface area contributed by atoms with Crippen molar-refractivity contribution in [1.29, 1.82) is 0 Å². The molecule has 0 heterocycles. The molecule has 2 unspecified atom stereocenters. The molecule has 0 N–H and O–H groups in total. The molecule has 0 radical (unpaired) electrons. The molecule has 0 aliphatic heterocycles. The highest BCUT2D eigenvalue weighted by molar-refractivity contribution is 5.99. The molecule has 0 bridgehead atoms. The van der Waals surface area contributed by atoms with Gasteiger partial charge < -0.3 is 4.90 Å². The fourth-order valence-corrected chi connectivity index (χ4v) is 2.62. The minimum Gasteiger partial charge on any atom is -0.309 e. The van der Waals surface area contributed by atoms with Crippen LogP contribution >= 0.6 is 0 Å². The smallest absolute Gasteiger partial charge is 0.163 e. The lowest BCUT2D eigenvalue weighted by atomic mass is 9.74. The first kappa shape index (κ1) is 10.6. The number of nitrogens with zero attached hydrogens (tertiary/aromatic N) is 1. The summed E-state index contributed by atoms with van der Waals surface area (Å²) in [6, 6.07) is 0. The summed E-state index contributed by atoms with van der Waals surface area (Å²) < 4.78 is 0. The molecular formula is C13H19NO. The lowest BCUT2D eigenvalue weighted by molar-refractivity contribution is -0.121. The maximum Gasteiger partial charge on any atom is 0.163 e. The zero-order chi connectivity index (χ0) is 10.8. The van der Waals surface area contributed by atoms with Gasteiger partial charge in [-0.3, -0.25) is 4.79 Å². The van der Waals surface area contributed by atoms with Crippen LogP contribution in [-0.4, -0.2) is 31.3 Å². The molecule has 2 nitrogen and oxygen atoms in total. The normalized spacial score (nSPS) is 30.3. The zero-order valence-corrected chi connectivity index (χ0v) is 9.57. The van der Waals surface area contributed by atoms with Crippen LogP contribution in [0.2, 0.25) is 0 Å². The van der Waals surface area contributed by atoms with Crippen LogP contribution in [0.25, 0.3) is 0 Å². The van der Waals surface area contributed by atoms with Gasteiger partial charge in [-0.15, -0.1) is 0 Å². The van der Waals surface area contributed by atoms with Crippen LogP contribution in [0.5, 0.6) is 0 Å². The largest absolute Gasteiger partial charge is 0.309 e. The summed E-state index contributed by atoms with van der Waals surface area (Å²) >= 11 is 0. The molecule has 2 heteroatoms. The standard InChI is InChI=1S/C13H19NO/c1-14(2)9-11-8-7-10-5-3-4-6-12(10)13(11)15/h3-4,6,10-11H,5,7-9H2,1-2H3. The van der Waals surface area contributed by atoms with Crippen molar-refractivity contribution in [1.82, 2.24) is 4.90 Å². The van der Waals surface area contributed by atoms with Gasteiger partial charge in [-0.25, -0.2) is 0 Å². The molecular weight excluding hydrogens is 186 g/mol. The van der Waals surface area contributed by atoms with E-state index in [0.29, 0.717) is 11.7 Å². The quantitative estimate of drug-likeness (QED) is 0.687. The van der Waals surface area contributed by atoms with E-state index in [2.05, 4.69) is 11.0 Å². The molecule has 2 atom stereocenters. The summed E-state index contributed by atoms with van der Waals surface area (Å²) in [6.45, 7) is 0.895. The predicted octanol–water partition coefficient (Wildman–Crippen LogP) is 2.03. The second kappa shape index (κ2) is 4.31. The fourth-order valence-electron chi connectivity index (χ4n) is 2.62. The number of fused-ring (bicyclic) bond motifs is 1. The summed E-state index contributed by atoms with van der Waals surface area (Å²) in [5.41, 5.74) is 1.08. The predicted molar refractivity (Wildman–Crippen MR) is 61.6 cm³/mol. The minimum atomic E-state index is 0.231. The average Bonchev–Trinajstić information content (AvgIpc) is 2.22. The second-order valence-electron chi connectivity index (χ2n) is 4.88. The third-order valence-electron chi connectivity index (χ3n) is 3.38. The van der Waals surface area contributed by atoms with Gasteiger partial charge in [0, 0.05) is 12.5 Å². The Labute approximate surface area is 91.6 Å². The Kier molecular flexibility index (Phi) is 3.06. The first-order valence-electron chi connectivity index (χ1n) is 5.74. The first-order chi connectivity index (χ1) is 7.18. The van der Waals surface area contributed by atoms with Gasteiger partial charge in [0.1, 0.15) is 0 Å². The van der Waals surface area contributed by atoms with Crippen molar-refractivity contribution in [2.75, 3.05) is 20.6 Å². The van der Waals surface area contributed by atoms with E-state index in [9.17, 15) is 4.79 Å². The number of Topliss-reactive ketones (excluding diaryl/α,β-unsaturated/α-hetero) is 1. The van der Waals surface area contributed by atoms with Crippen molar-refractivity contribution in [2.24, 2.45) is 11.8 Å². The molecule has 0 amide bonds. The van der Waals surface area contributed by atoms with Crippen LogP contribution in [0.3, 0.4) is 0 Å². The highest BCUT2D eigenvalue weighted by Crippen LogP contribution is 2.35. The fraction of sp³-hybridized carbons (Fsp3) is 0.615. The van der Waals surface area contributed by atoms with E-state index >= 15 is 0 Å². The monoisotopic (exact) mass is 205 g/mol. The molecule has 0 saturated heterocycles. The molecule has 15 heavy (non-hydrogen) atoms. The first-order valence-corrected chi connectivity index (χ1v) is 5.74. The molecule has 2 aliphatic rings. The molecule has 0 aromatic carbocycles.